The average Bonchev–Trinajstić information content (AvgIpc) is 2.13. The molecule has 0 atom stereocenters. The summed E-state index contributed by atoms with van der Waals surface area (Å²) in [5, 5.41) is 0. The van der Waals surface area contributed by atoms with Gasteiger partial charge in [-0.1, -0.05) is 34.1 Å². The lowest BCUT2D eigenvalue weighted by atomic mass is 10.1. The smallest absolute Gasteiger partial charge is 0.0240 e. The van der Waals surface area contributed by atoms with E-state index in [0.717, 1.165) is 12.8 Å². The first kappa shape index (κ1) is 10.7. The highest BCUT2D eigenvalue weighted by Crippen LogP contribution is 2.22. The first-order chi connectivity index (χ1) is 6.29. The summed E-state index contributed by atoms with van der Waals surface area (Å²) in [6, 6.07) is 6.24. The summed E-state index contributed by atoms with van der Waals surface area (Å²) in [4.78, 5) is 0. The molecule has 0 saturated carbocycles. The molecule has 3 heteroatoms. The topological polar surface area (TPSA) is 52.0 Å². The summed E-state index contributed by atoms with van der Waals surface area (Å²) in [5.41, 5.74) is 13.6. The number of halogens is 1. The monoisotopic (exact) mass is 242 g/mol. The minimum atomic E-state index is 0.685. The summed E-state index contributed by atoms with van der Waals surface area (Å²) in [6.07, 6.45) is 1.83. The van der Waals surface area contributed by atoms with E-state index >= 15 is 0 Å². The first-order valence-electron chi connectivity index (χ1n) is 4.46. The molecule has 0 bridgehead atoms. The van der Waals surface area contributed by atoms with Gasteiger partial charge in [0.1, 0.15) is 0 Å². The Morgan fingerprint density at radius 3 is 1.85 bits per heavy atom. The Hall–Kier alpha value is -0.380. The molecule has 0 amide bonds. The molecule has 4 N–H and O–H groups in total. The van der Waals surface area contributed by atoms with Gasteiger partial charge in [-0.25, -0.2) is 0 Å². The van der Waals surface area contributed by atoms with Gasteiger partial charge >= 0.3 is 0 Å². The highest BCUT2D eigenvalue weighted by Gasteiger charge is 2.03. The van der Waals surface area contributed by atoms with Crippen LogP contribution < -0.4 is 11.5 Å². The van der Waals surface area contributed by atoms with Crippen molar-refractivity contribution < 1.29 is 0 Å². The summed E-state index contributed by atoms with van der Waals surface area (Å²) in [7, 11) is 0. The first-order valence-corrected chi connectivity index (χ1v) is 5.25. The Labute approximate surface area is 87.4 Å². The fourth-order valence-corrected chi connectivity index (χ4v) is 1.99. The van der Waals surface area contributed by atoms with Crippen molar-refractivity contribution >= 4 is 15.9 Å². The van der Waals surface area contributed by atoms with Gasteiger partial charge in [0.2, 0.25) is 0 Å². The zero-order chi connectivity index (χ0) is 9.68. The predicted molar refractivity (Wildman–Crippen MR) is 59.7 cm³/mol. The molecule has 1 rings (SSSR count). The molecule has 2 nitrogen and oxygen atoms in total. The van der Waals surface area contributed by atoms with Gasteiger partial charge < -0.3 is 11.5 Å². The van der Waals surface area contributed by atoms with E-state index in [-0.39, 0.29) is 0 Å². The van der Waals surface area contributed by atoms with E-state index in [0.29, 0.717) is 13.1 Å². The standard InChI is InChI=1S/C10H15BrN2/c11-10-8(4-6-12)2-1-3-9(10)5-7-13/h1-3H,4-7,12-13H2. The molecule has 0 aliphatic heterocycles. The lowest BCUT2D eigenvalue weighted by Crippen LogP contribution is -2.06. The second-order valence-electron chi connectivity index (χ2n) is 2.97. The second kappa shape index (κ2) is 5.37. The molecular weight excluding hydrogens is 228 g/mol. The van der Waals surface area contributed by atoms with Crippen LogP contribution in [0.2, 0.25) is 0 Å². The van der Waals surface area contributed by atoms with Crippen LogP contribution in [0.4, 0.5) is 0 Å². The van der Waals surface area contributed by atoms with Crippen molar-refractivity contribution in [3.63, 3.8) is 0 Å². The molecule has 1 aromatic rings. The Kier molecular flexibility index (Phi) is 4.42. The van der Waals surface area contributed by atoms with Crippen molar-refractivity contribution in [2.75, 3.05) is 13.1 Å². The molecule has 0 aromatic heterocycles. The molecule has 0 saturated heterocycles. The van der Waals surface area contributed by atoms with Crippen molar-refractivity contribution in [2.24, 2.45) is 11.5 Å². The highest BCUT2D eigenvalue weighted by atomic mass is 79.9. The second-order valence-corrected chi connectivity index (χ2v) is 3.76. The van der Waals surface area contributed by atoms with Gasteiger partial charge in [0.25, 0.3) is 0 Å². The molecule has 0 radical (unpaired) electrons. The summed E-state index contributed by atoms with van der Waals surface area (Å²) >= 11 is 3.57. The van der Waals surface area contributed by atoms with Gasteiger partial charge in [-0.15, -0.1) is 0 Å². The third kappa shape index (κ3) is 2.79. The lowest BCUT2D eigenvalue weighted by Gasteiger charge is -2.07. The van der Waals surface area contributed by atoms with E-state index in [9.17, 15) is 0 Å². The van der Waals surface area contributed by atoms with Gasteiger partial charge in [-0.2, -0.15) is 0 Å². The van der Waals surface area contributed by atoms with Crippen LogP contribution in [0.5, 0.6) is 0 Å². The van der Waals surface area contributed by atoms with Crippen molar-refractivity contribution in [3.05, 3.63) is 33.8 Å². The van der Waals surface area contributed by atoms with Crippen LogP contribution in [0.25, 0.3) is 0 Å². The third-order valence-corrected chi connectivity index (χ3v) is 3.00. The molecule has 13 heavy (non-hydrogen) atoms. The fourth-order valence-electron chi connectivity index (χ4n) is 1.33. The number of benzene rings is 1. The lowest BCUT2D eigenvalue weighted by molar-refractivity contribution is 0.930. The van der Waals surface area contributed by atoms with Crippen molar-refractivity contribution in [1.29, 1.82) is 0 Å². The van der Waals surface area contributed by atoms with Crippen LogP contribution in [0.3, 0.4) is 0 Å². The minimum absolute atomic E-state index is 0.685. The molecule has 0 unspecified atom stereocenters. The van der Waals surface area contributed by atoms with Crippen LogP contribution in [0.15, 0.2) is 22.7 Å². The summed E-state index contributed by atoms with van der Waals surface area (Å²) < 4.78 is 1.17. The van der Waals surface area contributed by atoms with Gasteiger partial charge in [-0.3, -0.25) is 0 Å². The predicted octanol–water partition coefficient (Wildman–Crippen LogP) is 1.45. The van der Waals surface area contributed by atoms with Crippen LogP contribution in [-0.4, -0.2) is 13.1 Å². The highest BCUT2D eigenvalue weighted by molar-refractivity contribution is 9.10. The molecular formula is C10H15BrN2. The maximum Gasteiger partial charge on any atom is 0.0240 e. The molecule has 0 spiro atoms. The number of nitrogens with two attached hydrogens (primary N) is 2. The van der Waals surface area contributed by atoms with Crippen LogP contribution in [-0.2, 0) is 12.8 Å². The zero-order valence-electron chi connectivity index (χ0n) is 7.59. The third-order valence-electron chi connectivity index (χ3n) is 1.99. The van der Waals surface area contributed by atoms with Crippen LogP contribution >= 0.6 is 15.9 Å². The maximum absolute atomic E-state index is 5.51. The Bertz CT molecular complexity index is 249. The molecule has 1 aromatic carbocycles. The average molecular weight is 243 g/mol. The molecule has 0 fully saturated rings. The van der Waals surface area contributed by atoms with Crippen molar-refractivity contribution in [2.45, 2.75) is 12.8 Å². The SMILES string of the molecule is NCCc1cccc(CCN)c1Br. The number of rotatable bonds is 4. The van der Waals surface area contributed by atoms with E-state index in [4.69, 9.17) is 11.5 Å². The maximum atomic E-state index is 5.51. The molecule has 0 aliphatic rings. The van der Waals surface area contributed by atoms with Crippen molar-refractivity contribution in [3.8, 4) is 0 Å². The summed E-state index contributed by atoms with van der Waals surface area (Å²) in [6.45, 7) is 1.37. The quantitative estimate of drug-likeness (QED) is 0.840. The zero-order valence-corrected chi connectivity index (χ0v) is 9.18. The van der Waals surface area contributed by atoms with E-state index in [2.05, 4.69) is 34.1 Å². The fraction of sp³-hybridized carbons (Fsp3) is 0.400. The van der Waals surface area contributed by atoms with Gasteiger partial charge in [0.15, 0.2) is 0 Å². The molecule has 0 aliphatic carbocycles. The number of hydrogen-bond acceptors (Lipinski definition) is 2. The van der Waals surface area contributed by atoms with E-state index in [1.165, 1.54) is 15.6 Å². The van der Waals surface area contributed by atoms with Crippen LogP contribution in [0, 0.1) is 0 Å². The Balaban J connectivity index is 2.89. The van der Waals surface area contributed by atoms with E-state index in [1.807, 2.05) is 0 Å². The molecule has 0 heterocycles. The van der Waals surface area contributed by atoms with E-state index < -0.39 is 0 Å². The normalized spacial score (nSPS) is 10.4. The minimum Gasteiger partial charge on any atom is -0.330 e. The Morgan fingerprint density at radius 1 is 1.00 bits per heavy atom. The molecule has 72 valence electrons. The van der Waals surface area contributed by atoms with Gasteiger partial charge in [0.05, 0.1) is 0 Å². The van der Waals surface area contributed by atoms with Gasteiger partial charge in [0, 0.05) is 4.47 Å². The van der Waals surface area contributed by atoms with Crippen LogP contribution in [0.1, 0.15) is 11.1 Å². The van der Waals surface area contributed by atoms with Gasteiger partial charge in [-0.05, 0) is 37.1 Å². The number of hydrogen-bond donors (Lipinski definition) is 2. The Morgan fingerprint density at radius 2 is 1.46 bits per heavy atom. The van der Waals surface area contributed by atoms with Crippen molar-refractivity contribution in [1.82, 2.24) is 0 Å². The largest absolute Gasteiger partial charge is 0.330 e. The summed E-state index contributed by atoms with van der Waals surface area (Å²) in [5.74, 6) is 0. The van der Waals surface area contributed by atoms with E-state index in [1.54, 1.807) is 0 Å².